The average Bonchev–Trinajstić information content (AvgIpc) is 3.10. The van der Waals surface area contributed by atoms with Crippen LogP contribution in [-0.2, 0) is 0 Å². The quantitative estimate of drug-likeness (QED) is 0.529. The third-order valence-electron chi connectivity index (χ3n) is 4.74. The molecule has 1 aliphatic rings. The lowest BCUT2D eigenvalue weighted by Gasteiger charge is -2.19. The van der Waals surface area contributed by atoms with Gasteiger partial charge in [-0.25, -0.2) is 0 Å². The zero-order valence-corrected chi connectivity index (χ0v) is 16.5. The van der Waals surface area contributed by atoms with E-state index in [4.69, 9.17) is 22.1 Å². The molecule has 150 valence electrons. The molecule has 0 bridgehead atoms. The molecular formula is C19H21Cl2N3O4. The Morgan fingerprint density at radius 3 is 2.61 bits per heavy atom. The molecule has 2 unspecified atom stereocenters. The molecule has 1 amide bonds. The summed E-state index contributed by atoms with van der Waals surface area (Å²) in [6.07, 6.45) is 3.04. The summed E-state index contributed by atoms with van der Waals surface area (Å²) in [5.41, 5.74) is 6.02. The maximum absolute atomic E-state index is 12.4. The molecular weight excluding hydrogens is 405 g/mol. The highest BCUT2D eigenvalue weighted by atomic mass is 35.5. The number of amides is 1. The van der Waals surface area contributed by atoms with E-state index in [-0.39, 0.29) is 40.8 Å². The SMILES string of the molecule is Cl.NCC1CCCC1NC(=O)c1ccc(Oc2ccc(Cl)cc2[N+](=O)[O-])cc1. The summed E-state index contributed by atoms with van der Waals surface area (Å²) in [6, 6.07) is 10.7. The first-order valence-electron chi connectivity index (χ1n) is 8.70. The molecule has 2 aromatic rings. The zero-order valence-electron chi connectivity index (χ0n) is 15.0. The highest BCUT2D eigenvalue weighted by Crippen LogP contribution is 2.33. The van der Waals surface area contributed by atoms with Crippen molar-refractivity contribution in [1.82, 2.24) is 5.32 Å². The van der Waals surface area contributed by atoms with Crippen LogP contribution in [0.3, 0.4) is 0 Å². The molecule has 0 aromatic heterocycles. The molecule has 0 saturated heterocycles. The highest BCUT2D eigenvalue weighted by Gasteiger charge is 2.27. The Morgan fingerprint density at radius 1 is 1.25 bits per heavy atom. The molecule has 28 heavy (non-hydrogen) atoms. The van der Waals surface area contributed by atoms with Crippen LogP contribution >= 0.6 is 24.0 Å². The third-order valence-corrected chi connectivity index (χ3v) is 4.98. The van der Waals surface area contributed by atoms with Crippen molar-refractivity contribution < 1.29 is 14.5 Å². The van der Waals surface area contributed by atoms with Gasteiger partial charge in [0.2, 0.25) is 5.75 Å². The molecule has 1 aliphatic carbocycles. The highest BCUT2D eigenvalue weighted by molar-refractivity contribution is 6.30. The van der Waals surface area contributed by atoms with Crippen LogP contribution in [0.4, 0.5) is 5.69 Å². The van der Waals surface area contributed by atoms with Crippen LogP contribution in [0.25, 0.3) is 0 Å². The number of nitro groups is 1. The van der Waals surface area contributed by atoms with Gasteiger partial charge in [-0.1, -0.05) is 18.0 Å². The lowest BCUT2D eigenvalue weighted by atomic mass is 10.0. The van der Waals surface area contributed by atoms with E-state index in [1.54, 1.807) is 24.3 Å². The molecule has 0 aliphatic heterocycles. The molecule has 2 atom stereocenters. The molecule has 0 heterocycles. The lowest BCUT2D eigenvalue weighted by Crippen LogP contribution is -2.39. The number of nitrogens with zero attached hydrogens (tertiary/aromatic N) is 1. The standard InChI is InChI=1S/C19H20ClN3O4.ClH/c20-14-6-9-18(17(10-14)23(25)26)27-15-7-4-12(5-8-15)19(24)22-16-3-1-2-13(16)11-21;/h4-10,13,16H,1-3,11,21H2,(H,22,24);1H. The number of benzene rings is 2. The van der Waals surface area contributed by atoms with Crippen LogP contribution in [0.2, 0.25) is 5.02 Å². The first-order chi connectivity index (χ1) is 13.0. The van der Waals surface area contributed by atoms with E-state index < -0.39 is 4.92 Å². The van der Waals surface area contributed by atoms with Gasteiger partial charge in [0, 0.05) is 22.7 Å². The monoisotopic (exact) mass is 425 g/mol. The molecule has 0 radical (unpaired) electrons. The van der Waals surface area contributed by atoms with Crippen molar-refractivity contribution in [1.29, 1.82) is 0 Å². The summed E-state index contributed by atoms with van der Waals surface area (Å²) < 4.78 is 5.58. The maximum atomic E-state index is 12.4. The fourth-order valence-electron chi connectivity index (χ4n) is 3.28. The number of nitrogens with two attached hydrogens (primary N) is 1. The number of rotatable bonds is 6. The first kappa shape index (κ1) is 21.9. The van der Waals surface area contributed by atoms with Crippen LogP contribution in [0.5, 0.6) is 11.5 Å². The van der Waals surface area contributed by atoms with E-state index in [2.05, 4.69) is 5.32 Å². The Morgan fingerprint density at radius 2 is 1.96 bits per heavy atom. The first-order valence-corrected chi connectivity index (χ1v) is 9.08. The molecule has 0 spiro atoms. The molecule has 1 fully saturated rings. The van der Waals surface area contributed by atoms with E-state index in [0.29, 0.717) is 23.8 Å². The van der Waals surface area contributed by atoms with Crippen LogP contribution in [0.1, 0.15) is 29.6 Å². The van der Waals surface area contributed by atoms with Gasteiger partial charge in [-0.2, -0.15) is 0 Å². The van der Waals surface area contributed by atoms with E-state index in [9.17, 15) is 14.9 Å². The Labute approximate surface area is 173 Å². The average molecular weight is 426 g/mol. The van der Waals surface area contributed by atoms with Crippen molar-refractivity contribution in [2.45, 2.75) is 25.3 Å². The van der Waals surface area contributed by atoms with Crippen molar-refractivity contribution in [2.75, 3.05) is 6.54 Å². The smallest absolute Gasteiger partial charge is 0.313 e. The molecule has 7 nitrogen and oxygen atoms in total. The summed E-state index contributed by atoms with van der Waals surface area (Å²) >= 11 is 5.80. The largest absolute Gasteiger partial charge is 0.450 e. The summed E-state index contributed by atoms with van der Waals surface area (Å²) in [4.78, 5) is 23.0. The van der Waals surface area contributed by atoms with Gasteiger partial charge < -0.3 is 15.8 Å². The van der Waals surface area contributed by atoms with Crippen molar-refractivity contribution in [3.63, 3.8) is 0 Å². The van der Waals surface area contributed by atoms with Crippen molar-refractivity contribution in [3.8, 4) is 11.5 Å². The number of halogens is 2. The predicted molar refractivity (Wildman–Crippen MR) is 110 cm³/mol. The number of nitro benzene ring substituents is 1. The summed E-state index contributed by atoms with van der Waals surface area (Å²) in [5.74, 6) is 0.627. The van der Waals surface area contributed by atoms with E-state index in [0.717, 1.165) is 19.3 Å². The summed E-state index contributed by atoms with van der Waals surface area (Å²) in [6.45, 7) is 0.567. The van der Waals surface area contributed by atoms with Crippen LogP contribution in [0.15, 0.2) is 42.5 Å². The molecule has 3 N–H and O–H groups in total. The van der Waals surface area contributed by atoms with Gasteiger partial charge in [-0.05, 0) is 61.7 Å². The Balaban J connectivity index is 0.00000280. The minimum Gasteiger partial charge on any atom is -0.450 e. The Kier molecular flexibility index (Phi) is 7.62. The second-order valence-electron chi connectivity index (χ2n) is 6.50. The lowest BCUT2D eigenvalue weighted by molar-refractivity contribution is -0.385. The fraction of sp³-hybridized carbons (Fsp3) is 0.316. The number of carbonyl (C=O) groups is 1. The fourth-order valence-corrected chi connectivity index (χ4v) is 3.45. The number of hydrogen-bond acceptors (Lipinski definition) is 5. The second kappa shape index (κ2) is 9.73. The van der Waals surface area contributed by atoms with Crippen LogP contribution in [0, 0.1) is 16.0 Å². The molecule has 2 aromatic carbocycles. The zero-order chi connectivity index (χ0) is 19.4. The minimum absolute atomic E-state index is 0. The van der Waals surface area contributed by atoms with E-state index in [1.807, 2.05) is 0 Å². The number of carbonyl (C=O) groups excluding carboxylic acids is 1. The molecule has 1 saturated carbocycles. The van der Waals surface area contributed by atoms with Gasteiger partial charge in [0.25, 0.3) is 5.91 Å². The van der Waals surface area contributed by atoms with E-state index in [1.165, 1.54) is 18.2 Å². The van der Waals surface area contributed by atoms with Gasteiger partial charge >= 0.3 is 5.69 Å². The van der Waals surface area contributed by atoms with Crippen molar-refractivity contribution in [3.05, 3.63) is 63.2 Å². The summed E-state index contributed by atoms with van der Waals surface area (Å²) in [5, 5.41) is 14.4. The van der Waals surface area contributed by atoms with Gasteiger partial charge in [0.1, 0.15) is 5.75 Å². The Bertz CT molecular complexity index is 846. The second-order valence-corrected chi connectivity index (χ2v) is 6.94. The molecule has 9 heteroatoms. The van der Waals surface area contributed by atoms with Crippen molar-refractivity contribution in [2.24, 2.45) is 11.7 Å². The van der Waals surface area contributed by atoms with Crippen LogP contribution < -0.4 is 15.8 Å². The van der Waals surface area contributed by atoms with Crippen molar-refractivity contribution >= 4 is 35.6 Å². The van der Waals surface area contributed by atoms with Gasteiger partial charge in [-0.3, -0.25) is 14.9 Å². The van der Waals surface area contributed by atoms with Gasteiger partial charge in [0.15, 0.2) is 0 Å². The number of ether oxygens (including phenoxy) is 1. The number of hydrogen-bond donors (Lipinski definition) is 2. The van der Waals surface area contributed by atoms with E-state index >= 15 is 0 Å². The predicted octanol–water partition coefficient (Wildman–Crippen LogP) is 4.32. The maximum Gasteiger partial charge on any atom is 0.313 e. The topological polar surface area (TPSA) is 107 Å². The third kappa shape index (κ3) is 5.13. The summed E-state index contributed by atoms with van der Waals surface area (Å²) in [7, 11) is 0. The van der Waals surface area contributed by atoms with Crippen LogP contribution in [-0.4, -0.2) is 23.4 Å². The van der Waals surface area contributed by atoms with Gasteiger partial charge in [-0.15, -0.1) is 12.4 Å². The van der Waals surface area contributed by atoms with Gasteiger partial charge in [0.05, 0.1) is 4.92 Å². The number of nitrogens with one attached hydrogen (secondary N) is 1. The minimum atomic E-state index is -0.557. The molecule has 3 rings (SSSR count). The normalized spacial score (nSPS) is 18.2. The Hall–Kier alpha value is -2.35.